The van der Waals surface area contributed by atoms with Crippen molar-refractivity contribution < 1.29 is 9.18 Å². The lowest BCUT2D eigenvalue weighted by Crippen LogP contribution is -2.30. The number of hydrazine groups is 1. The van der Waals surface area contributed by atoms with E-state index in [0.29, 0.717) is 5.69 Å². The number of anilines is 2. The third-order valence-electron chi connectivity index (χ3n) is 2.25. The van der Waals surface area contributed by atoms with Crippen molar-refractivity contribution in [1.29, 1.82) is 0 Å². The van der Waals surface area contributed by atoms with Crippen molar-refractivity contribution >= 4 is 17.3 Å². The Hall–Kier alpha value is -2.63. The average Bonchev–Trinajstić information content (AvgIpc) is 2.37. The summed E-state index contributed by atoms with van der Waals surface area (Å²) in [6.45, 7) is 0. The van der Waals surface area contributed by atoms with Gasteiger partial charge < -0.3 is 5.73 Å². The first-order valence-corrected chi connectivity index (χ1v) is 5.19. The highest BCUT2D eigenvalue weighted by Crippen LogP contribution is 2.15. The summed E-state index contributed by atoms with van der Waals surface area (Å²) in [5.41, 5.74) is 11.0. The molecule has 1 heterocycles. The maximum Gasteiger partial charge on any atom is 0.274 e. The van der Waals surface area contributed by atoms with Crippen LogP contribution in [0.5, 0.6) is 0 Å². The van der Waals surface area contributed by atoms with Crippen molar-refractivity contribution in [1.82, 2.24) is 10.4 Å². The molecule has 0 unspecified atom stereocenters. The van der Waals surface area contributed by atoms with Crippen molar-refractivity contribution in [3.05, 3.63) is 54.1 Å². The zero-order chi connectivity index (χ0) is 13.0. The molecule has 1 aromatic heterocycles. The van der Waals surface area contributed by atoms with Gasteiger partial charge in [-0.2, -0.15) is 0 Å². The first kappa shape index (κ1) is 11.8. The smallest absolute Gasteiger partial charge is 0.274 e. The molecule has 1 amide bonds. The van der Waals surface area contributed by atoms with Gasteiger partial charge in [-0.1, -0.05) is 6.07 Å². The topological polar surface area (TPSA) is 80.0 Å². The first-order chi connectivity index (χ1) is 8.68. The molecular weight excluding hydrogens is 235 g/mol. The fourth-order valence-corrected chi connectivity index (χ4v) is 1.41. The minimum absolute atomic E-state index is 0.0838. The molecule has 0 aliphatic carbocycles. The fourth-order valence-electron chi connectivity index (χ4n) is 1.41. The second kappa shape index (κ2) is 5.13. The zero-order valence-corrected chi connectivity index (χ0v) is 9.35. The van der Waals surface area contributed by atoms with Gasteiger partial charge in [0.15, 0.2) is 0 Å². The Bertz CT molecular complexity index is 539. The van der Waals surface area contributed by atoms with Crippen LogP contribution in [0.25, 0.3) is 0 Å². The van der Waals surface area contributed by atoms with Gasteiger partial charge in [0, 0.05) is 11.9 Å². The molecule has 5 nitrogen and oxygen atoms in total. The van der Waals surface area contributed by atoms with E-state index >= 15 is 0 Å². The van der Waals surface area contributed by atoms with Crippen molar-refractivity contribution in [3.8, 4) is 0 Å². The molecule has 92 valence electrons. The second-order valence-electron chi connectivity index (χ2n) is 3.52. The predicted molar refractivity (Wildman–Crippen MR) is 66.1 cm³/mol. The van der Waals surface area contributed by atoms with Gasteiger partial charge in [0.1, 0.15) is 5.82 Å². The Morgan fingerprint density at radius 1 is 1.28 bits per heavy atom. The van der Waals surface area contributed by atoms with Crippen LogP contribution in [0.2, 0.25) is 0 Å². The number of carbonyl (C=O) groups excluding carboxylic acids is 1. The number of hydrogen-bond acceptors (Lipinski definition) is 4. The molecule has 0 fully saturated rings. The molecule has 0 saturated carbocycles. The van der Waals surface area contributed by atoms with Gasteiger partial charge in [0.05, 0.1) is 17.4 Å². The quantitative estimate of drug-likeness (QED) is 0.567. The number of hydrogen-bond donors (Lipinski definition) is 3. The minimum atomic E-state index is -0.666. The summed E-state index contributed by atoms with van der Waals surface area (Å²) in [7, 11) is 0. The lowest BCUT2D eigenvalue weighted by Gasteiger charge is -2.10. The number of aromatic nitrogens is 1. The number of nitrogens with one attached hydrogen (secondary N) is 2. The summed E-state index contributed by atoms with van der Waals surface area (Å²) >= 11 is 0. The number of carbonyl (C=O) groups is 1. The number of halogens is 1. The third kappa shape index (κ3) is 2.54. The summed E-state index contributed by atoms with van der Waals surface area (Å²) < 4.78 is 13.4. The Morgan fingerprint density at radius 2 is 2.11 bits per heavy atom. The van der Waals surface area contributed by atoms with Gasteiger partial charge in [-0.05, 0) is 24.3 Å². The molecule has 0 radical (unpaired) electrons. The van der Waals surface area contributed by atoms with Crippen LogP contribution in [0.4, 0.5) is 15.8 Å². The summed E-state index contributed by atoms with van der Waals surface area (Å²) in [6.07, 6.45) is 3.12. The molecule has 2 aromatic rings. The van der Waals surface area contributed by atoms with Gasteiger partial charge in [0.25, 0.3) is 5.91 Å². The van der Waals surface area contributed by atoms with Gasteiger partial charge in [-0.25, -0.2) is 4.39 Å². The number of nitrogens with zero attached hydrogens (tertiary/aromatic N) is 1. The third-order valence-corrected chi connectivity index (χ3v) is 2.25. The highest BCUT2D eigenvalue weighted by Gasteiger charge is 2.14. The highest BCUT2D eigenvalue weighted by atomic mass is 19.1. The molecule has 6 heteroatoms. The van der Waals surface area contributed by atoms with E-state index in [-0.39, 0.29) is 11.3 Å². The van der Waals surface area contributed by atoms with Crippen LogP contribution in [0.15, 0.2) is 42.7 Å². The summed E-state index contributed by atoms with van der Waals surface area (Å²) in [4.78, 5) is 15.6. The standard InChI is InChI=1S/C12H11FN4O/c13-9-4-1-5-10(14)11(9)12(18)17-16-8-3-2-6-15-7-8/h1-7,16H,14H2,(H,17,18). The molecule has 2 rings (SSSR count). The minimum Gasteiger partial charge on any atom is -0.398 e. The first-order valence-electron chi connectivity index (χ1n) is 5.19. The molecule has 0 saturated heterocycles. The second-order valence-corrected chi connectivity index (χ2v) is 3.52. The van der Waals surface area contributed by atoms with E-state index in [1.54, 1.807) is 18.3 Å². The largest absolute Gasteiger partial charge is 0.398 e. The number of benzene rings is 1. The number of nitrogens with two attached hydrogens (primary N) is 1. The van der Waals surface area contributed by atoms with E-state index in [0.717, 1.165) is 0 Å². The molecular formula is C12H11FN4O. The molecule has 0 aliphatic rings. The Labute approximate surface area is 103 Å². The van der Waals surface area contributed by atoms with Crippen LogP contribution >= 0.6 is 0 Å². The Balaban J connectivity index is 2.09. The van der Waals surface area contributed by atoms with Crippen LogP contribution in [0.3, 0.4) is 0 Å². The monoisotopic (exact) mass is 246 g/mol. The maximum absolute atomic E-state index is 13.4. The van der Waals surface area contributed by atoms with Crippen LogP contribution < -0.4 is 16.6 Å². The van der Waals surface area contributed by atoms with Crippen LogP contribution in [-0.4, -0.2) is 10.9 Å². The van der Waals surface area contributed by atoms with E-state index in [4.69, 9.17) is 5.73 Å². The Kier molecular flexibility index (Phi) is 3.38. The average molecular weight is 246 g/mol. The summed E-state index contributed by atoms with van der Waals surface area (Å²) in [6, 6.07) is 7.48. The van der Waals surface area contributed by atoms with Crippen molar-refractivity contribution in [2.45, 2.75) is 0 Å². The van der Waals surface area contributed by atoms with Crippen molar-refractivity contribution in [2.24, 2.45) is 0 Å². The number of rotatable bonds is 3. The maximum atomic E-state index is 13.4. The molecule has 18 heavy (non-hydrogen) atoms. The van der Waals surface area contributed by atoms with Gasteiger partial charge >= 0.3 is 0 Å². The predicted octanol–water partition coefficient (Wildman–Crippen LogP) is 1.56. The van der Waals surface area contributed by atoms with E-state index in [9.17, 15) is 9.18 Å². The van der Waals surface area contributed by atoms with Gasteiger partial charge in [-0.15, -0.1) is 0 Å². The highest BCUT2D eigenvalue weighted by molar-refractivity contribution is 5.99. The molecule has 0 atom stereocenters. The van der Waals surface area contributed by atoms with Crippen LogP contribution in [0, 0.1) is 5.82 Å². The lowest BCUT2D eigenvalue weighted by molar-refractivity contribution is 0.0959. The van der Waals surface area contributed by atoms with Gasteiger partial charge in [0.2, 0.25) is 0 Å². The molecule has 0 bridgehead atoms. The summed E-state index contributed by atoms with van der Waals surface area (Å²) in [5, 5.41) is 0. The lowest BCUT2D eigenvalue weighted by atomic mass is 10.1. The number of pyridine rings is 1. The number of amides is 1. The fraction of sp³-hybridized carbons (Fsp3) is 0. The van der Waals surface area contributed by atoms with Gasteiger partial charge in [-0.3, -0.25) is 20.6 Å². The normalized spacial score (nSPS) is 9.83. The molecule has 0 spiro atoms. The van der Waals surface area contributed by atoms with Crippen LogP contribution in [-0.2, 0) is 0 Å². The van der Waals surface area contributed by atoms with E-state index < -0.39 is 11.7 Å². The van der Waals surface area contributed by atoms with Crippen LogP contribution in [0.1, 0.15) is 10.4 Å². The van der Waals surface area contributed by atoms with Crippen molar-refractivity contribution in [3.63, 3.8) is 0 Å². The Morgan fingerprint density at radius 3 is 2.78 bits per heavy atom. The zero-order valence-electron chi connectivity index (χ0n) is 9.35. The van der Waals surface area contributed by atoms with Crippen molar-refractivity contribution in [2.75, 3.05) is 11.2 Å². The molecule has 0 aliphatic heterocycles. The molecule has 4 N–H and O–H groups in total. The van der Waals surface area contributed by atoms with E-state index in [1.807, 2.05) is 0 Å². The number of nitrogen functional groups attached to an aromatic ring is 1. The summed E-state index contributed by atoms with van der Waals surface area (Å²) in [5.74, 6) is -1.31. The van der Waals surface area contributed by atoms with E-state index in [1.165, 1.54) is 24.4 Å². The van der Waals surface area contributed by atoms with E-state index in [2.05, 4.69) is 15.8 Å². The SMILES string of the molecule is Nc1cccc(F)c1C(=O)NNc1cccnc1. The molecule has 1 aromatic carbocycles.